The summed E-state index contributed by atoms with van der Waals surface area (Å²) in [5.41, 5.74) is 13.9. The molecule has 3 N–H and O–H groups in total. The van der Waals surface area contributed by atoms with Gasteiger partial charge in [-0.3, -0.25) is 33.8 Å². The van der Waals surface area contributed by atoms with Gasteiger partial charge in [0.1, 0.15) is 29.1 Å². The topological polar surface area (TPSA) is 303 Å². The third-order valence-corrected chi connectivity index (χ3v) is 21.4. The fourth-order valence-corrected chi connectivity index (χ4v) is 15.5. The van der Waals surface area contributed by atoms with Crippen molar-refractivity contribution in [3.05, 3.63) is 177 Å². The maximum absolute atomic E-state index is 13.6. The molecule has 0 saturated carbocycles. The highest BCUT2D eigenvalue weighted by atomic mass is 32.1. The number of nitrogens with zero attached hydrogens (tertiary/aromatic N) is 9. The molecule has 102 heavy (non-hydrogen) atoms. The van der Waals surface area contributed by atoms with Crippen LogP contribution in [0.1, 0.15) is 185 Å². The van der Waals surface area contributed by atoms with E-state index in [2.05, 4.69) is 54.7 Å². The van der Waals surface area contributed by atoms with E-state index < -0.39 is 54.2 Å². The number of ketones is 3. The van der Waals surface area contributed by atoms with Gasteiger partial charge < -0.3 is 48.0 Å². The number of β-amino-alcohol motifs (C(OH)–C–C–N with tert-alkyl or cyclic N) is 3. The van der Waals surface area contributed by atoms with Crippen LogP contribution in [0.2, 0.25) is 0 Å². The van der Waals surface area contributed by atoms with Gasteiger partial charge in [-0.05, 0) is 98.9 Å². The quantitative estimate of drug-likeness (QED) is 0.0506. The zero-order valence-corrected chi connectivity index (χ0v) is 61.7. The van der Waals surface area contributed by atoms with Gasteiger partial charge in [0.05, 0.1) is 91.6 Å². The van der Waals surface area contributed by atoms with Crippen molar-refractivity contribution in [1.29, 1.82) is 0 Å². The molecule has 24 heteroatoms. The monoisotopic (exact) mass is 1430 g/mol. The second-order valence-corrected chi connectivity index (χ2v) is 29.9. The normalized spacial score (nSPS) is 19.6. The summed E-state index contributed by atoms with van der Waals surface area (Å²) in [7, 11) is 0. The number of Topliss-reactive ketones (excluding diaryl/α,β-unsaturated/α-hetero) is 3. The Labute approximate surface area is 602 Å². The molecule has 12 rings (SSSR count). The summed E-state index contributed by atoms with van der Waals surface area (Å²) in [6.07, 6.45) is 3.90. The highest BCUT2D eigenvalue weighted by Gasteiger charge is 2.46. The molecule has 11 atom stereocenters. The van der Waals surface area contributed by atoms with E-state index in [1.54, 1.807) is 63.1 Å². The zero-order chi connectivity index (χ0) is 73.2. The predicted molar refractivity (Wildman–Crippen MR) is 386 cm³/mol. The van der Waals surface area contributed by atoms with Gasteiger partial charge >= 0.3 is 0 Å². The van der Waals surface area contributed by atoms with E-state index in [9.17, 15) is 44.1 Å². The molecule has 540 valence electrons. The van der Waals surface area contributed by atoms with Crippen LogP contribution < -0.4 is 0 Å². The average Bonchev–Trinajstić information content (AvgIpc) is 1.65. The van der Waals surface area contributed by atoms with Crippen LogP contribution in [-0.2, 0) is 35.2 Å². The minimum Gasteiger partial charge on any atom is -0.443 e. The number of carbonyl (C=O) groups is 6. The number of rotatable bonds is 24. The minimum absolute atomic E-state index is 0.00414. The number of aliphatic hydroxyl groups is 3. The van der Waals surface area contributed by atoms with Crippen LogP contribution >= 0.6 is 22.7 Å². The molecule has 0 radical (unpaired) electrons. The standard InChI is InChI=1S/C27H33N3O4S.C26H31N3O4S.C25H29N3O5/c1-15(2)25(24-11-17(4)29-34-24)27(33)30-13-21(31)12-22(30)23(32)10-16(3)19-6-8-20(9-7-19)26-18(5)28-14-35-26;1-15(2)25(23-10-17(4)28-33-23)26(32)29-13-20(30)11-21(29)22(31)9-16(3)18-5-7-19(8-6-18)24-12-27-14-34-24;1-4-20(23-11-15(2)27-33-23)25(31)28-13-19(29)12-21(28)22(30)10-7-17-5-8-18(9-6-17)24-16(3)26-14-32-24/h6-9,11,14-16,21-22,25,31H,10,12-13H2,1-5H3;5-8,10,12,14-16,20-21,25,30H,9,11,13H2,1-4H3;5-6,8-9,11,14,19-21,29H,4,7,10,12-13H2,1-3H3/t16-,21-,22+,25-;16-,20-,21+,25-;19-,20-,21+/m111/s1. The fourth-order valence-electron chi connectivity index (χ4n) is 14.0. The molecule has 0 bridgehead atoms. The Hall–Kier alpha value is -8.94. The number of aryl methyl sites for hydroxylation is 6. The first-order valence-electron chi connectivity index (χ1n) is 35.1. The molecule has 3 aliphatic heterocycles. The zero-order valence-electron chi connectivity index (χ0n) is 60.0. The summed E-state index contributed by atoms with van der Waals surface area (Å²) >= 11 is 3.20. The lowest BCUT2D eigenvalue weighted by Crippen LogP contribution is -2.44. The smallest absolute Gasteiger partial charge is 0.234 e. The van der Waals surface area contributed by atoms with Crippen molar-refractivity contribution in [2.75, 3.05) is 19.6 Å². The molecule has 3 saturated heterocycles. The number of benzene rings is 3. The van der Waals surface area contributed by atoms with Crippen molar-refractivity contribution in [3.8, 4) is 32.2 Å². The second-order valence-electron chi connectivity index (χ2n) is 28.2. The molecule has 22 nitrogen and oxygen atoms in total. The van der Waals surface area contributed by atoms with E-state index in [0.717, 1.165) is 60.3 Å². The van der Waals surface area contributed by atoms with E-state index in [4.69, 9.17) is 18.0 Å². The number of oxazole rings is 1. The summed E-state index contributed by atoms with van der Waals surface area (Å²) in [5, 5.41) is 42.7. The largest absolute Gasteiger partial charge is 0.443 e. The van der Waals surface area contributed by atoms with E-state index >= 15 is 0 Å². The van der Waals surface area contributed by atoms with Gasteiger partial charge in [-0.2, -0.15) is 0 Å². The van der Waals surface area contributed by atoms with Crippen molar-refractivity contribution >= 4 is 57.7 Å². The van der Waals surface area contributed by atoms with E-state index in [0.29, 0.717) is 66.5 Å². The Morgan fingerprint density at radius 3 is 1.38 bits per heavy atom. The average molecular weight is 1430 g/mol. The Kier molecular flexibility index (Phi) is 25.2. The van der Waals surface area contributed by atoms with Crippen molar-refractivity contribution in [2.45, 2.75) is 200 Å². The number of likely N-dealkylation sites (tertiary alicyclic amines) is 3. The van der Waals surface area contributed by atoms with Crippen molar-refractivity contribution < 1.29 is 62.1 Å². The Morgan fingerprint density at radius 1 is 0.529 bits per heavy atom. The fraction of sp³-hybridized carbons (Fsp3) is 0.462. The van der Waals surface area contributed by atoms with Gasteiger partial charge in [-0.15, -0.1) is 22.7 Å². The second kappa shape index (κ2) is 33.9. The maximum atomic E-state index is 13.6. The Bertz CT molecular complexity index is 4290. The van der Waals surface area contributed by atoms with Gasteiger partial charge in [-0.1, -0.05) is 137 Å². The summed E-state index contributed by atoms with van der Waals surface area (Å²) in [6.45, 7) is 23.5. The third-order valence-electron chi connectivity index (χ3n) is 19.6. The SMILES string of the molecule is CC[C@@H](C(=O)N1C[C@H](O)C[C@H]1C(=O)CCc1ccc(-c2ocnc2C)cc1)c1cc(C)no1.Cc1cc([C@H](C(=O)N2C[C@H](O)C[C@H]2C(=O)C[C@@H](C)c2ccc(-c3cncs3)cc2)C(C)C)on1.Cc1cc([C@H](C(=O)N2C[C@H](O)C[C@H]2C(=O)C[C@@H](C)c2ccc(-c3scnc3C)cc2)C(C)C)on1. The van der Waals surface area contributed by atoms with Gasteiger partial charge in [0, 0.05) is 88.1 Å². The molecule has 9 aromatic rings. The molecular formula is C78H93N9O13S2. The number of hydrogen-bond donors (Lipinski definition) is 3. The molecule has 6 aromatic heterocycles. The predicted octanol–water partition coefficient (Wildman–Crippen LogP) is 13.1. The molecule has 0 spiro atoms. The molecule has 3 aliphatic rings. The van der Waals surface area contributed by atoms with E-state index in [-0.39, 0.29) is 97.6 Å². The van der Waals surface area contributed by atoms with Crippen LogP contribution in [0.3, 0.4) is 0 Å². The number of aliphatic hydroxyl groups excluding tert-OH is 3. The number of hydrogen-bond acceptors (Lipinski definition) is 21. The molecule has 3 amide bonds. The van der Waals surface area contributed by atoms with Crippen LogP contribution in [-0.4, -0.2) is 152 Å². The van der Waals surface area contributed by atoms with Gasteiger partial charge in [0.15, 0.2) is 29.5 Å². The van der Waals surface area contributed by atoms with Crippen molar-refractivity contribution in [1.82, 2.24) is 45.1 Å². The first kappa shape index (κ1) is 75.7. The summed E-state index contributed by atoms with van der Waals surface area (Å²) in [4.78, 5) is 99.6. The first-order valence-corrected chi connectivity index (χ1v) is 36.8. The third kappa shape index (κ3) is 18.1. The summed E-state index contributed by atoms with van der Waals surface area (Å²) in [5.74, 6) is -0.141. The molecule has 3 fully saturated rings. The van der Waals surface area contributed by atoms with Gasteiger partial charge in [-0.25, -0.2) is 9.97 Å². The van der Waals surface area contributed by atoms with Gasteiger partial charge in [0.25, 0.3) is 0 Å². The molecule has 9 heterocycles. The van der Waals surface area contributed by atoms with Crippen LogP contribution in [0.5, 0.6) is 0 Å². The first-order chi connectivity index (χ1) is 48.8. The Balaban J connectivity index is 0.000000165. The lowest BCUT2D eigenvalue weighted by molar-refractivity contribution is -0.140. The lowest BCUT2D eigenvalue weighted by Gasteiger charge is -2.29. The van der Waals surface area contributed by atoms with Gasteiger partial charge in [0.2, 0.25) is 17.7 Å². The molecule has 0 aliphatic carbocycles. The Morgan fingerprint density at radius 2 is 0.980 bits per heavy atom. The van der Waals surface area contributed by atoms with Crippen molar-refractivity contribution in [3.63, 3.8) is 0 Å². The number of amides is 3. The van der Waals surface area contributed by atoms with Crippen LogP contribution in [0.15, 0.2) is 133 Å². The number of thiazole rings is 2. The highest BCUT2D eigenvalue weighted by molar-refractivity contribution is 7.13. The minimum atomic E-state index is -0.714. The lowest BCUT2D eigenvalue weighted by atomic mass is 9.89. The maximum Gasteiger partial charge on any atom is 0.234 e. The summed E-state index contributed by atoms with van der Waals surface area (Å²) in [6, 6.07) is 27.7. The van der Waals surface area contributed by atoms with Crippen LogP contribution in [0.4, 0.5) is 0 Å². The molecular weight excluding hydrogens is 1340 g/mol. The van der Waals surface area contributed by atoms with E-state index in [1.807, 2.05) is 136 Å². The number of aromatic nitrogens is 6. The van der Waals surface area contributed by atoms with Crippen molar-refractivity contribution in [2.24, 2.45) is 11.8 Å². The summed E-state index contributed by atoms with van der Waals surface area (Å²) < 4.78 is 21.5. The number of carbonyl (C=O) groups excluding carboxylic acids is 6. The van der Waals surface area contributed by atoms with E-state index in [1.165, 1.54) is 11.3 Å². The molecule has 3 aromatic carbocycles. The van der Waals surface area contributed by atoms with Crippen LogP contribution in [0.25, 0.3) is 32.2 Å². The van der Waals surface area contributed by atoms with Crippen LogP contribution in [0, 0.1) is 46.5 Å². The molecule has 0 unspecified atom stereocenters. The highest BCUT2D eigenvalue weighted by Crippen LogP contribution is 2.38.